The first-order valence-electron chi connectivity index (χ1n) is 8.53. The van der Waals surface area contributed by atoms with Gasteiger partial charge >= 0.3 is 6.09 Å². The quantitative estimate of drug-likeness (QED) is 0.791. The molecule has 5 nitrogen and oxygen atoms in total. The molecule has 22 heavy (non-hydrogen) atoms. The van der Waals surface area contributed by atoms with E-state index < -0.39 is 5.60 Å². The van der Waals surface area contributed by atoms with Crippen molar-refractivity contribution in [2.45, 2.75) is 71.4 Å². The summed E-state index contributed by atoms with van der Waals surface area (Å²) in [6.07, 6.45) is 3.69. The molecule has 2 N–H and O–H groups in total. The predicted molar refractivity (Wildman–Crippen MR) is 88.9 cm³/mol. The topological polar surface area (TPSA) is 61.8 Å². The van der Waals surface area contributed by atoms with Gasteiger partial charge in [-0.2, -0.15) is 0 Å². The number of carbonyl (C=O) groups is 1. The molecule has 0 bridgehead atoms. The van der Waals surface area contributed by atoms with Crippen molar-refractivity contribution in [2.75, 3.05) is 26.2 Å². The minimum atomic E-state index is -0.440. The van der Waals surface area contributed by atoms with Gasteiger partial charge in [0.25, 0.3) is 0 Å². The van der Waals surface area contributed by atoms with E-state index in [2.05, 4.69) is 19.2 Å². The van der Waals surface area contributed by atoms with E-state index in [9.17, 15) is 9.90 Å². The lowest BCUT2D eigenvalue weighted by atomic mass is 9.92. The molecule has 1 amide bonds. The smallest absolute Gasteiger partial charge is 0.410 e. The van der Waals surface area contributed by atoms with Crippen molar-refractivity contribution >= 4 is 6.09 Å². The molecule has 2 unspecified atom stereocenters. The van der Waals surface area contributed by atoms with Crippen molar-refractivity contribution in [1.29, 1.82) is 0 Å². The fourth-order valence-corrected chi connectivity index (χ4v) is 2.75. The van der Waals surface area contributed by atoms with E-state index in [1.54, 1.807) is 0 Å². The summed E-state index contributed by atoms with van der Waals surface area (Å²) < 4.78 is 5.46. The van der Waals surface area contributed by atoms with E-state index in [0.29, 0.717) is 5.92 Å². The first-order valence-corrected chi connectivity index (χ1v) is 8.53. The predicted octanol–water partition coefficient (Wildman–Crippen LogP) is 2.77. The summed E-state index contributed by atoms with van der Waals surface area (Å²) in [5.41, 5.74) is -0.465. The number of aliphatic hydroxyl groups excluding tert-OH is 1. The monoisotopic (exact) mass is 314 g/mol. The van der Waals surface area contributed by atoms with E-state index in [4.69, 9.17) is 4.74 Å². The SMILES string of the molecule is CCC(C)(CCO)NCC1CCCN(C(=O)OC(C)(C)C)C1. The molecule has 1 aliphatic heterocycles. The second-order valence-corrected chi connectivity index (χ2v) is 7.70. The first kappa shape index (κ1) is 19.2. The lowest BCUT2D eigenvalue weighted by molar-refractivity contribution is 0.0162. The third-order valence-corrected chi connectivity index (χ3v) is 4.43. The lowest BCUT2D eigenvalue weighted by Crippen LogP contribution is -2.49. The highest BCUT2D eigenvalue weighted by Gasteiger charge is 2.29. The second-order valence-electron chi connectivity index (χ2n) is 7.70. The summed E-state index contributed by atoms with van der Waals surface area (Å²) >= 11 is 0. The molecule has 0 spiro atoms. The minimum absolute atomic E-state index is 0.0249. The van der Waals surface area contributed by atoms with Gasteiger partial charge in [-0.05, 0) is 59.3 Å². The van der Waals surface area contributed by atoms with Crippen LogP contribution in [0.15, 0.2) is 0 Å². The Morgan fingerprint density at radius 1 is 1.36 bits per heavy atom. The third kappa shape index (κ3) is 6.53. The average molecular weight is 314 g/mol. The fourth-order valence-electron chi connectivity index (χ4n) is 2.75. The number of nitrogens with zero attached hydrogens (tertiary/aromatic N) is 1. The Morgan fingerprint density at radius 2 is 2.05 bits per heavy atom. The van der Waals surface area contributed by atoms with Crippen LogP contribution in [-0.4, -0.2) is 53.5 Å². The number of nitrogens with one attached hydrogen (secondary N) is 1. The normalized spacial score (nSPS) is 22.3. The number of piperidine rings is 1. The van der Waals surface area contributed by atoms with Gasteiger partial charge in [-0.3, -0.25) is 0 Å². The van der Waals surface area contributed by atoms with Gasteiger partial charge in [0, 0.05) is 31.8 Å². The number of likely N-dealkylation sites (tertiary alicyclic amines) is 1. The summed E-state index contributed by atoms with van der Waals surface area (Å²) in [6.45, 7) is 12.6. The van der Waals surface area contributed by atoms with Crippen LogP contribution in [0.3, 0.4) is 0 Å². The Bertz CT molecular complexity index is 354. The molecule has 1 rings (SSSR count). The molecule has 0 aromatic rings. The van der Waals surface area contributed by atoms with Crippen LogP contribution in [0.4, 0.5) is 4.79 Å². The summed E-state index contributed by atoms with van der Waals surface area (Å²) in [5, 5.41) is 12.8. The van der Waals surface area contributed by atoms with Crippen LogP contribution in [0.1, 0.15) is 60.3 Å². The zero-order valence-corrected chi connectivity index (χ0v) is 14.9. The number of amides is 1. The molecule has 5 heteroatoms. The van der Waals surface area contributed by atoms with Crippen LogP contribution in [0.2, 0.25) is 0 Å². The zero-order chi connectivity index (χ0) is 16.8. The third-order valence-electron chi connectivity index (χ3n) is 4.43. The van der Waals surface area contributed by atoms with Crippen molar-refractivity contribution in [1.82, 2.24) is 10.2 Å². The maximum Gasteiger partial charge on any atom is 0.410 e. The van der Waals surface area contributed by atoms with Gasteiger partial charge in [-0.25, -0.2) is 4.79 Å². The number of ether oxygens (including phenoxy) is 1. The number of aliphatic hydroxyl groups is 1. The maximum absolute atomic E-state index is 12.2. The van der Waals surface area contributed by atoms with Gasteiger partial charge < -0.3 is 20.1 Å². The van der Waals surface area contributed by atoms with Crippen molar-refractivity contribution < 1.29 is 14.6 Å². The Kier molecular flexibility index (Phi) is 7.13. The van der Waals surface area contributed by atoms with Gasteiger partial charge in [0.1, 0.15) is 5.60 Å². The Hall–Kier alpha value is -0.810. The maximum atomic E-state index is 12.2. The van der Waals surface area contributed by atoms with E-state index >= 15 is 0 Å². The summed E-state index contributed by atoms with van der Waals surface area (Å²) in [6, 6.07) is 0. The van der Waals surface area contributed by atoms with E-state index in [1.807, 2.05) is 25.7 Å². The van der Waals surface area contributed by atoms with E-state index in [-0.39, 0.29) is 18.2 Å². The lowest BCUT2D eigenvalue weighted by Gasteiger charge is -2.36. The Morgan fingerprint density at radius 3 is 2.59 bits per heavy atom. The molecular weight excluding hydrogens is 280 g/mol. The van der Waals surface area contributed by atoms with Crippen molar-refractivity contribution in [3.05, 3.63) is 0 Å². The molecule has 1 aliphatic rings. The van der Waals surface area contributed by atoms with Gasteiger partial charge in [-0.1, -0.05) is 6.92 Å². The molecule has 2 atom stereocenters. The van der Waals surface area contributed by atoms with Crippen LogP contribution in [-0.2, 0) is 4.74 Å². The van der Waals surface area contributed by atoms with Crippen LogP contribution in [0.25, 0.3) is 0 Å². The standard InChI is InChI=1S/C17H34N2O3/c1-6-17(5,9-11-20)18-12-14-8-7-10-19(13-14)15(21)22-16(2,3)4/h14,18,20H,6-13H2,1-5H3. The average Bonchev–Trinajstić information content (AvgIpc) is 2.44. The number of carbonyl (C=O) groups excluding carboxylic acids is 1. The van der Waals surface area contributed by atoms with E-state index in [1.165, 1.54) is 0 Å². The fraction of sp³-hybridized carbons (Fsp3) is 0.941. The zero-order valence-electron chi connectivity index (χ0n) is 14.9. The highest BCUT2D eigenvalue weighted by molar-refractivity contribution is 5.68. The Labute approximate surface area is 135 Å². The van der Waals surface area contributed by atoms with Crippen molar-refractivity contribution in [2.24, 2.45) is 5.92 Å². The van der Waals surface area contributed by atoms with Crippen LogP contribution >= 0.6 is 0 Å². The number of hydrogen-bond donors (Lipinski definition) is 2. The molecular formula is C17H34N2O3. The highest BCUT2D eigenvalue weighted by atomic mass is 16.6. The largest absolute Gasteiger partial charge is 0.444 e. The van der Waals surface area contributed by atoms with Gasteiger partial charge in [0.05, 0.1) is 0 Å². The Balaban J connectivity index is 2.48. The van der Waals surface area contributed by atoms with Gasteiger partial charge in [0.15, 0.2) is 0 Å². The molecule has 0 aliphatic carbocycles. The minimum Gasteiger partial charge on any atom is -0.444 e. The molecule has 1 fully saturated rings. The summed E-state index contributed by atoms with van der Waals surface area (Å²) in [7, 11) is 0. The van der Waals surface area contributed by atoms with Crippen molar-refractivity contribution in [3.63, 3.8) is 0 Å². The molecule has 130 valence electrons. The second kappa shape index (κ2) is 8.16. The molecule has 0 aromatic carbocycles. The highest BCUT2D eigenvalue weighted by Crippen LogP contribution is 2.21. The van der Waals surface area contributed by atoms with Crippen LogP contribution in [0, 0.1) is 5.92 Å². The summed E-state index contributed by atoms with van der Waals surface area (Å²) in [4.78, 5) is 14.0. The summed E-state index contributed by atoms with van der Waals surface area (Å²) in [5.74, 6) is 0.450. The van der Waals surface area contributed by atoms with Crippen LogP contribution in [0.5, 0.6) is 0 Å². The number of hydrogen-bond acceptors (Lipinski definition) is 4. The molecule has 0 saturated carbocycles. The van der Waals surface area contributed by atoms with Gasteiger partial charge in [-0.15, -0.1) is 0 Å². The first-order chi connectivity index (χ1) is 10.2. The van der Waals surface area contributed by atoms with Crippen molar-refractivity contribution in [3.8, 4) is 0 Å². The van der Waals surface area contributed by atoms with E-state index in [0.717, 1.165) is 45.3 Å². The molecule has 1 heterocycles. The molecule has 1 saturated heterocycles. The van der Waals surface area contributed by atoms with Gasteiger partial charge in [0.2, 0.25) is 0 Å². The van der Waals surface area contributed by atoms with Crippen LogP contribution < -0.4 is 5.32 Å². The molecule has 0 aromatic heterocycles. The molecule has 0 radical (unpaired) electrons. The number of rotatable bonds is 6.